The number of carbonyl (C=O) groups is 2. The van der Waals surface area contributed by atoms with Crippen LogP contribution in [0, 0.1) is 58.7 Å². The fourth-order valence-corrected chi connectivity index (χ4v) is 9.64. The van der Waals surface area contributed by atoms with E-state index < -0.39 is 17.0 Å². The van der Waals surface area contributed by atoms with Crippen molar-refractivity contribution >= 4 is 11.8 Å². The third-order valence-corrected chi connectivity index (χ3v) is 12.3. The molecule has 0 saturated heterocycles. The van der Waals surface area contributed by atoms with Crippen molar-refractivity contribution in [1.82, 2.24) is 0 Å². The summed E-state index contributed by atoms with van der Waals surface area (Å²) in [5, 5.41) is 0. The molecule has 1 fully saturated rings. The molecule has 11 unspecified atom stereocenters. The summed E-state index contributed by atoms with van der Waals surface area (Å²) in [7, 11) is 0. The van der Waals surface area contributed by atoms with Crippen LogP contribution in [-0.2, 0) is 14.3 Å². The lowest BCUT2D eigenvalue weighted by atomic mass is 9.47. The first kappa shape index (κ1) is 30.1. The van der Waals surface area contributed by atoms with Crippen molar-refractivity contribution in [3.05, 3.63) is 70.4 Å². The maximum Gasteiger partial charge on any atom is 0.342 e. The minimum Gasteiger partial charge on any atom is -0.450 e. The minimum absolute atomic E-state index is 0.00381. The lowest BCUT2D eigenvalue weighted by Gasteiger charge is -2.55. The number of fused-ring (bicyclic) bond motifs is 3. The maximum atomic E-state index is 15.2. The molecule has 4 aliphatic carbocycles. The van der Waals surface area contributed by atoms with E-state index in [1.54, 1.807) is 0 Å². The van der Waals surface area contributed by atoms with Gasteiger partial charge in [-0.1, -0.05) is 95.2 Å². The van der Waals surface area contributed by atoms with Gasteiger partial charge in [0.2, 0.25) is 0 Å². The lowest BCUT2D eigenvalue weighted by molar-refractivity contribution is -0.153. The van der Waals surface area contributed by atoms with Crippen molar-refractivity contribution in [3.8, 4) is 0 Å². The zero-order valence-corrected chi connectivity index (χ0v) is 27.1. The van der Waals surface area contributed by atoms with Crippen molar-refractivity contribution in [2.75, 3.05) is 0 Å². The Balaban J connectivity index is 1.77. The molecule has 1 heterocycles. The van der Waals surface area contributed by atoms with E-state index in [9.17, 15) is 4.79 Å². The Morgan fingerprint density at radius 1 is 0.951 bits per heavy atom. The van der Waals surface area contributed by atoms with Crippen molar-refractivity contribution in [2.45, 2.75) is 94.1 Å². The first-order valence-corrected chi connectivity index (χ1v) is 16.1. The Hall–Kier alpha value is -2.42. The van der Waals surface area contributed by atoms with E-state index >= 15 is 4.79 Å². The molecule has 5 rings (SSSR count). The molecule has 3 heteroatoms. The van der Waals surface area contributed by atoms with E-state index in [1.165, 1.54) is 16.7 Å². The van der Waals surface area contributed by atoms with E-state index in [1.807, 2.05) is 13.8 Å². The summed E-state index contributed by atoms with van der Waals surface area (Å²) < 4.78 is 6.54. The SMILES string of the molecule is C/C=C/C1=CC(C)C2/C=C(\C)C(C)C/C=C(\C)C3C=CC4C(C)C(C)CC(C)C4C3(C)C(=O)C3=C(C)C2(C1)OC3=O. The van der Waals surface area contributed by atoms with Gasteiger partial charge in [-0.2, -0.15) is 0 Å². The third kappa shape index (κ3) is 4.52. The molecule has 0 aromatic carbocycles. The average molecular weight is 557 g/mol. The topological polar surface area (TPSA) is 43.4 Å². The normalized spacial score (nSPS) is 47.5. The number of ketones is 1. The summed E-state index contributed by atoms with van der Waals surface area (Å²) in [5.41, 5.74) is 3.36. The van der Waals surface area contributed by atoms with Crippen LogP contribution >= 0.6 is 0 Å². The first-order chi connectivity index (χ1) is 19.3. The van der Waals surface area contributed by atoms with Crippen molar-refractivity contribution in [2.24, 2.45) is 58.7 Å². The molecule has 5 aliphatic rings. The van der Waals surface area contributed by atoms with E-state index in [-0.39, 0.29) is 29.5 Å². The van der Waals surface area contributed by atoms with Gasteiger partial charge in [-0.05, 0) is 93.1 Å². The van der Waals surface area contributed by atoms with Gasteiger partial charge in [-0.25, -0.2) is 4.79 Å². The monoisotopic (exact) mass is 556 g/mol. The number of ether oxygens (including phenoxy) is 1. The summed E-state index contributed by atoms with van der Waals surface area (Å²) in [6, 6.07) is 0. The number of esters is 1. The molecule has 1 spiro atoms. The minimum atomic E-state index is -0.835. The molecule has 0 amide bonds. The van der Waals surface area contributed by atoms with Crippen LogP contribution in [0.15, 0.2) is 70.4 Å². The molecule has 2 bridgehead atoms. The zero-order valence-electron chi connectivity index (χ0n) is 27.1. The number of Topliss-reactive ketones (excluding diaryl/α,β-unsaturated/α-hetero) is 1. The van der Waals surface area contributed by atoms with Crippen molar-refractivity contribution in [1.29, 1.82) is 0 Å². The molecular formula is C38H52O3. The Morgan fingerprint density at radius 2 is 1.66 bits per heavy atom. The van der Waals surface area contributed by atoms with Gasteiger partial charge in [0.25, 0.3) is 0 Å². The van der Waals surface area contributed by atoms with Crippen LogP contribution in [0.4, 0.5) is 0 Å². The number of allylic oxidation sites excluding steroid dienone is 8. The predicted octanol–water partition coefficient (Wildman–Crippen LogP) is 9.00. The molecule has 3 nitrogen and oxygen atoms in total. The molecule has 41 heavy (non-hydrogen) atoms. The van der Waals surface area contributed by atoms with E-state index in [4.69, 9.17) is 4.74 Å². The largest absolute Gasteiger partial charge is 0.450 e. The number of carbonyl (C=O) groups excluding carboxylic acids is 2. The second-order valence-corrected chi connectivity index (χ2v) is 14.7. The van der Waals surface area contributed by atoms with Crippen LogP contribution in [0.1, 0.15) is 88.5 Å². The van der Waals surface area contributed by atoms with Gasteiger partial charge >= 0.3 is 5.97 Å². The van der Waals surface area contributed by atoms with Gasteiger partial charge in [0.15, 0.2) is 5.78 Å². The van der Waals surface area contributed by atoms with Gasteiger partial charge in [-0.3, -0.25) is 4.79 Å². The molecule has 222 valence electrons. The summed E-state index contributed by atoms with van der Waals surface area (Å²) in [5.74, 6) is 2.04. The van der Waals surface area contributed by atoms with Crippen LogP contribution in [0.3, 0.4) is 0 Å². The smallest absolute Gasteiger partial charge is 0.342 e. The van der Waals surface area contributed by atoms with Gasteiger partial charge in [0.05, 0.1) is 0 Å². The van der Waals surface area contributed by atoms with Crippen molar-refractivity contribution < 1.29 is 14.3 Å². The molecule has 0 aromatic heterocycles. The highest BCUT2D eigenvalue weighted by Gasteiger charge is 2.61. The summed E-state index contributed by atoms with van der Waals surface area (Å²) in [6.45, 7) is 22.3. The van der Waals surface area contributed by atoms with Crippen LogP contribution in [-0.4, -0.2) is 17.4 Å². The number of hydrogen-bond donors (Lipinski definition) is 0. The highest BCUT2D eigenvalue weighted by Crippen LogP contribution is 2.60. The Kier molecular flexibility index (Phi) is 7.84. The van der Waals surface area contributed by atoms with Gasteiger partial charge in [0, 0.05) is 23.7 Å². The molecule has 0 aromatic rings. The van der Waals surface area contributed by atoms with E-state index in [0.29, 0.717) is 41.6 Å². The van der Waals surface area contributed by atoms with E-state index in [0.717, 1.165) is 18.4 Å². The fraction of sp³-hybridized carbons (Fsp3) is 0.632. The molecule has 11 atom stereocenters. The second kappa shape index (κ2) is 10.7. The third-order valence-electron chi connectivity index (χ3n) is 12.3. The fourth-order valence-electron chi connectivity index (χ4n) is 9.64. The zero-order chi connectivity index (χ0) is 30.0. The molecular weight excluding hydrogens is 504 g/mol. The van der Waals surface area contributed by atoms with Gasteiger partial charge in [-0.15, -0.1) is 0 Å². The Morgan fingerprint density at radius 3 is 2.34 bits per heavy atom. The summed E-state index contributed by atoms with van der Waals surface area (Å²) in [4.78, 5) is 29.3. The van der Waals surface area contributed by atoms with Crippen LogP contribution in [0.5, 0.6) is 0 Å². The van der Waals surface area contributed by atoms with E-state index in [2.05, 4.69) is 97.9 Å². The van der Waals surface area contributed by atoms with Gasteiger partial charge < -0.3 is 4.74 Å². The molecule has 0 radical (unpaired) electrons. The Bertz CT molecular complexity index is 1300. The molecule has 0 N–H and O–H groups in total. The van der Waals surface area contributed by atoms with Gasteiger partial charge in [0.1, 0.15) is 11.2 Å². The predicted molar refractivity (Wildman–Crippen MR) is 168 cm³/mol. The van der Waals surface area contributed by atoms with Crippen LogP contribution in [0.25, 0.3) is 0 Å². The number of rotatable bonds is 1. The molecule has 1 saturated carbocycles. The average Bonchev–Trinajstić information content (AvgIpc) is 3.15. The highest BCUT2D eigenvalue weighted by atomic mass is 16.6. The summed E-state index contributed by atoms with van der Waals surface area (Å²) in [6.07, 6.45) is 18.7. The standard InChI is InChI=1S/C38H52O3/c1-11-12-29-18-25(6)32-19-23(4)21(2)13-14-22(3)31-16-15-30-27(8)24(5)17-26(7)34(30)37(31,10)35(39)33-28(9)38(32,20-29)41-36(33)40/h11-12,14-16,18-19,21,24-27,30-32,34H,13,17,20H2,1-10H3/b12-11+,22-14+,23-19+. The highest BCUT2D eigenvalue weighted by molar-refractivity contribution is 6.22. The number of hydrogen-bond acceptors (Lipinski definition) is 3. The first-order valence-electron chi connectivity index (χ1n) is 16.1. The van der Waals surface area contributed by atoms with Crippen LogP contribution < -0.4 is 0 Å². The lowest BCUT2D eigenvalue weighted by Crippen LogP contribution is -2.54. The Labute approximate surface area is 249 Å². The second-order valence-electron chi connectivity index (χ2n) is 14.7. The molecule has 1 aliphatic heterocycles. The van der Waals surface area contributed by atoms with Crippen LogP contribution in [0.2, 0.25) is 0 Å². The quantitative estimate of drug-likeness (QED) is 0.184. The summed E-state index contributed by atoms with van der Waals surface area (Å²) >= 11 is 0. The maximum absolute atomic E-state index is 15.2. The van der Waals surface area contributed by atoms with Crippen molar-refractivity contribution in [3.63, 3.8) is 0 Å².